The summed E-state index contributed by atoms with van der Waals surface area (Å²) in [6.07, 6.45) is 4.29. The summed E-state index contributed by atoms with van der Waals surface area (Å²) < 4.78 is 0. The van der Waals surface area contributed by atoms with E-state index in [1.165, 1.54) is 0 Å². The number of aromatic nitrogens is 1. The highest BCUT2D eigenvalue weighted by Gasteiger charge is 2.19. The van der Waals surface area contributed by atoms with E-state index >= 15 is 0 Å². The van der Waals surface area contributed by atoms with Crippen LogP contribution < -0.4 is 10.6 Å². The van der Waals surface area contributed by atoms with Crippen LogP contribution in [-0.2, 0) is 0 Å². The van der Waals surface area contributed by atoms with Crippen LogP contribution in [0.15, 0.2) is 18.2 Å². The number of carbonyl (C=O) groups is 1. The van der Waals surface area contributed by atoms with Crippen LogP contribution in [0.5, 0.6) is 0 Å². The molecule has 0 atom stereocenters. The van der Waals surface area contributed by atoms with Crippen molar-refractivity contribution in [3.05, 3.63) is 23.9 Å². The molecule has 5 nitrogen and oxygen atoms in total. The number of aliphatic hydroxyl groups excluding tert-OH is 1. The second kappa shape index (κ2) is 7.24. The van der Waals surface area contributed by atoms with Crippen molar-refractivity contribution in [1.29, 1.82) is 0 Å². The lowest BCUT2D eigenvalue weighted by atomic mass is 9.93. The largest absolute Gasteiger partial charge is 0.393 e. The number of hydrogen-bond donors (Lipinski definition) is 3. The number of carbonyl (C=O) groups excluding carboxylic acids is 1. The maximum Gasteiger partial charge on any atom is 0.269 e. The van der Waals surface area contributed by atoms with Crippen molar-refractivity contribution in [2.45, 2.75) is 51.2 Å². The second-order valence-electron chi connectivity index (χ2n) is 5.31. The number of aliphatic hydroxyl groups is 1. The molecule has 0 bridgehead atoms. The number of hydrogen-bond acceptors (Lipinski definition) is 4. The number of nitrogens with one attached hydrogen (secondary N) is 2. The Kier molecular flexibility index (Phi) is 5.35. The van der Waals surface area contributed by atoms with Crippen molar-refractivity contribution in [2.24, 2.45) is 0 Å². The third-order valence-corrected chi connectivity index (χ3v) is 3.57. The van der Waals surface area contributed by atoms with Crippen molar-refractivity contribution >= 4 is 11.7 Å². The van der Waals surface area contributed by atoms with Gasteiger partial charge in [0.15, 0.2) is 0 Å². The van der Waals surface area contributed by atoms with Gasteiger partial charge in [0.05, 0.1) is 6.10 Å². The minimum atomic E-state index is -0.160. The van der Waals surface area contributed by atoms with Gasteiger partial charge in [0.1, 0.15) is 11.5 Å². The van der Waals surface area contributed by atoms with E-state index in [1.807, 2.05) is 19.1 Å². The van der Waals surface area contributed by atoms with Crippen LogP contribution in [0.3, 0.4) is 0 Å². The van der Waals surface area contributed by atoms with Crippen LogP contribution in [0.25, 0.3) is 0 Å². The molecule has 20 heavy (non-hydrogen) atoms. The van der Waals surface area contributed by atoms with Gasteiger partial charge in [-0.15, -0.1) is 0 Å². The van der Waals surface area contributed by atoms with Crippen LogP contribution in [0.1, 0.15) is 49.5 Å². The molecule has 0 unspecified atom stereocenters. The fraction of sp³-hybridized carbons (Fsp3) is 0.600. The molecule has 1 amide bonds. The van der Waals surface area contributed by atoms with Gasteiger partial charge in [-0.2, -0.15) is 0 Å². The summed E-state index contributed by atoms with van der Waals surface area (Å²) in [5.74, 6) is 0.602. The highest BCUT2D eigenvalue weighted by molar-refractivity contribution is 5.92. The van der Waals surface area contributed by atoms with Gasteiger partial charge in [0.25, 0.3) is 5.91 Å². The van der Waals surface area contributed by atoms with E-state index in [0.717, 1.165) is 37.9 Å². The molecule has 0 aromatic carbocycles. The first-order valence-corrected chi connectivity index (χ1v) is 7.39. The molecule has 1 aromatic rings. The summed E-state index contributed by atoms with van der Waals surface area (Å²) in [5.41, 5.74) is 0.444. The Morgan fingerprint density at radius 2 is 2.10 bits per heavy atom. The van der Waals surface area contributed by atoms with Crippen molar-refractivity contribution in [2.75, 3.05) is 11.9 Å². The lowest BCUT2D eigenvalue weighted by molar-refractivity contribution is 0.0949. The molecule has 5 heteroatoms. The van der Waals surface area contributed by atoms with Crippen LogP contribution >= 0.6 is 0 Å². The van der Waals surface area contributed by atoms with E-state index in [2.05, 4.69) is 15.6 Å². The Hall–Kier alpha value is -1.62. The summed E-state index contributed by atoms with van der Waals surface area (Å²) in [7, 11) is 0. The number of anilines is 1. The highest BCUT2D eigenvalue weighted by atomic mass is 16.3. The molecule has 1 aliphatic rings. The molecular weight excluding hydrogens is 254 g/mol. The van der Waals surface area contributed by atoms with E-state index in [4.69, 9.17) is 0 Å². The number of pyridine rings is 1. The predicted octanol–water partition coefficient (Wildman–Crippen LogP) is 1.94. The van der Waals surface area contributed by atoms with Crippen LogP contribution in [0.4, 0.5) is 5.82 Å². The maximum atomic E-state index is 11.9. The van der Waals surface area contributed by atoms with Crippen molar-refractivity contribution < 1.29 is 9.90 Å². The van der Waals surface area contributed by atoms with Crippen molar-refractivity contribution in [3.8, 4) is 0 Å². The molecule has 0 radical (unpaired) electrons. The molecule has 3 N–H and O–H groups in total. The number of amides is 1. The highest BCUT2D eigenvalue weighted by Crippen LogP contribution is 2.21. The van der Waals surface area contributed by atoms with E-state index < -0.39 is 0 Å². The minimum Gasteiger partial charge on any atom is -0.393 e. The fourth-order valence-corrected chi connectivity index (χ4v) is 2.40. The molecule has 1 aromatic heterocycles. The first kappa shape index (κ1) is 14.8. The topological polar surface area (TPSA) is 74.2 Å². The lowest BCUT2D eigenvalue weighted by Gasteiger charge is -2.26. The third-order valence-electron chi connectivity index (χ3n) is 3.57. The third kappa shape index (κ3) is 4.20. The van der Waals surface area contributed by atoms with Crippen molar-refractivity contribution in [3.63, 3.8) is 0 Å². The summed E-state index contributed by atoms with van der Waals surface area (Å²) in [5, 5.41) is 15.7. The van der Waals surface area contributed by atoms with E-state index in [0.29, 0.717) is 18.3 Å². The monoisotopic (exact) mass is 277 g/mol. The molecular formula is C15H23N3O2. The fourth-order valence-electron chi connectivity index (χ4n) is 2.40. The van der Waals surface area contributed by atoms with Gasteiger partial charge in [-0.1, -0.05) is 13.0 Å². The number of nitrogens with zero attached hydrogens (tertiary/aromatic N) is 1. The molecule has 0 saturated heterocycles. The van der Waals surface area contributed by atoms with Gasteiger partial charge < -0.3 is 15.7 Å². The molecule has 1 heterocycles. The van der Waals surface area contributed by atoms with Gasteiger partial charge >= 0.3 is 0 Å². The summed E-state index contributed by atoms with van der Waals surface area (Å²) in [6, 6.07) is 5.77. The van der Waals surface area contributed by atoms with Crippen LogP contribution in [-0.4, -0.2) is 34.7 Å². The number of rotatable bonds is 5. The van der Waals surface area contributed by atoms with Gasteiger partial charge in [0.2, 0.25) is 0 Å². The Balaban J connectivity index is 1.93. The zero-order valence-corrected chi connectivity index (χ0v) is 11.9. The standard InChI is InChI=1S/C15H23N3O2/c1-2-10-16-15(20)13-4-3-5-14(18-13)17-11-6-8-12(19)9-7-11/h3-5,11-12,19H,2,6-10H2,1H3,(H,16,20)(H,17,18). The molecule has 0 spiro atoms. The molecule has 0 aliphatic heterocycles. The Morgan fingerprint density at radius 1 is 1.35 bits per heavy atom. The summed E-state index contributed by atoms with van der Waals surface area (Å²) in [6.45, 7) is 2.68. The van der Waals surface area contributed by atoms with E-state index in [1.54, 1.807) is 6.07 Å². The Labute approximate surface area is 119 Å². The maximum absolute atomic E-state index is 11.9. The Bertz CT molecular complexity index is 442. The normalized spacial score (nSPS) is 22.3. The van der Waals surface area contributed by atoms with Crippen LogP contribution in [0, 0.1) is 0 Å². The summed E-state index contributed by atoms with van der Waals surface area (Å²) in [4.78, 5) is 16.2. The van der Waals surface area contributed by atoms with E-state index in [-0.39, 0.29) is 12.0 Å². The molecule has 110 valence electrons. The zero-order chi connectivity index (χ0) is 14.4. The van der Waals surface area contributed by atoms with Gasteiger partial charge in [-0.05, 0) is 44.2 Å². The first-order valence-electron chi connectivity index (χ1n) is 7.39. The second-order valence-corrected chi connectivity index (χ2v) is 5.31. The zero-order valence-electron chi connectivity index (χ0n) is 11.9. The molecule has 1 fully saturated rings. The predicted molar refractivity (Wildman–Crippen MR) is 78.7 cm³/mol. The molecule has 2 rings (SSSR count). The van der Waals surface area contributed by atoms with Gasteiger partial charge in [-0.25, -0.2) is 4.98 Å². The molecule has 1 saturated carbocycles. The van der Waals surface area contributed by atoms with Crippen LogP contribution in [0.2, 0.25) is 0 Å². The first-order chi connectivity index (χ1) is 9.69. The lowest BCUT2D eigenvalue weighted by Crippen LogP contribution is -2.29. The average Bonchev–Trinajstić information content (AvgIpc) is 2.47. The van der Waals surface area contributed by atoms with E-state index in [9.17, 15) is 9.90 Å². The summed E-state index contributed by atoms with van der Waals surface area (Å²) >= 11 is 0. The average molecular weight is 277 g/mol. The smallest absolute Gasteiger partial charge is 0.269 e. The SMILES string of the molecule is CCCNC(=O)c1cccc(NC2CCC(O)CC2)n1. The van der Waals surface area contributed by atoms with Gasteiger partial charge in [-0.3, -0.25) is 4.79 Å². The molecule has 1 aliphatic carbocycles. The quantitative estimate of drug-likeness (QED) is 0.769. The van der Waals surface area contributed by atoms with Gasteiger partial charge in [0, 0.05) is 12.6 Å². The minimum absolute atomic E-state index is 0.130. The van der Waals surface area contributed by atoms with Crippen molar-refractivity contribution in [1.82, 2.24) is 10.3 Å². The Morgan fingerprint density at radius 3 is 2.80 bits per heavy atom.